The van der Waals surface area contributed by atoms with Crippen molar-refractivity contribution in [2.75, 3.05) is 0 Å². The van der Waals surface area contributed by atoms with Crippen molar-refractivity contribution < 1.29 is 4.74 Å². The molecule has 6 aromatic carbocycles. The van der Waals surface area contributed by atoms with Gasteiger partial charge < -0.3 is 4.74 Å². The van der Waals surface area contributed by atoms with E-state index in [0.717, 1.165) is 50.6 Å². The number of nitrogens with zero attached hydrogens (tertiary/aromatic N) is 2. The molecular weight excluding hydrogens is 536 g/mol. The standard InChI is InChI=1S/C41H30N2O/c1-41(2)34-19-9-11-21-36(34)44-37-22-12-18-32(38(37)41)31-16-7-6-15-30(31)27-23-25-28(26-24-27)39-33-17-8-10-20-35(33)42-40(43-39)29-13-4-3-5-14-29/h3-26H,1-2H3. The fourth-order valence-corrected chi connectivity index (χ4v) is 6.60. The molecule has 1 aromatic heterocycles. The van der Waals surface area contributed by atoms with Crippen LogP contribution in [-0.4, -0.2) is 9.97 Å². The first kappa shape index (κ1) is 26.1. The summed E-state index contributed by atoms with van der Waals surface area (Å²) in [6, 6.07) is 50.6. The Labute approximate surface area is 257 Å². The van der Waals surface area contributed by atoms with Crippen LogP contribution in [0.4, 0.5) is 0 Å². The largest absolute Gasteiger partial charge is 0.457 e. The van der Waals surface area contributed by atoms with Gasteiger partial charge in [-0.2, -0.15) is 0 Å². The molecule has 3 heteroatoms. The summed E-state index contributed by atoms with van der Waals surface area (Å²) in [6.45, 7) is 4.59. The summed E-state index contributed by atoms with van der Waals surface area (Å²) >= 11 is 0. The lowest BCUT2D eigenvalue weighted by molar-refractivity contribution is 0.419. The van der Waals surface area contributed by atoms with Crippen LogP contribution < -0.4 is 4.74 Å². The molecule has 2 heterocycles. The molecule has 0 N–H and O–H groups in total. The van der Waals surface area contributed by atoms with Crippen LogP contribution in [0.3, 0.4) is 0 Å². The zero-order valence-corrected chi connectivity index (χ0v) is 24.7. The molecule has 1 aliphatic heterocycles. The van der Waals surface area contributed by atoms with E-state index in [0.29, 0.717) is 0 Å². The zero-order chi connectivity index (χ0) is 29.7. The van der Waals surface area contributed by atoms with Crippen LogP contribution in [0, 0.1) is 0 Å². The van der Waals surface area contributed by atoms with Gasteiger partial charge in [-0.1, -0.05) is 141 Å². The highest BCUT2D eigenvalue weighted by Crippen LogP contribution is 2.52. The van der Waals surface area contributed by atoms with Gasteiger partial charge in [0.05, 0.1) is 11.2 Å². The third kappa shape index (κ3) is 4.28. The maximum atomic E-state index is 6.45. The van der Waals surface area contributed by atoms with Gasteiger partial charge >= 0.3 is 0 Å². The predicted octanol–water partition coefficient (Wildman–Crippen LogP) is 10.7. The fraction of sp³-hybridized carbons (Fsp3) is 0.0732. The van der Waals surface area contributed by atoms with E-state index >= 15 is 0 Å². The van der Waals surface area contributed by atoms with E-state index < -0.39 is 0 Å². The van der Waals surface area contributed by atoms with Crippen molar-refractivity contribution >= 4 is 10.9 Å². The summed E-state index contributed by atoms with van der Waals surface area (Å²) in [4.78, 5) is 9.95. The van der Waals surface area contributed by atoms with E-state index in [2.05, 4.69) is 123 Å². The minimum atomic E-state index is -0.220. The van der Waals surface area contributed by atoms with Crippen molar-refractivity contribution in [1.82, 2.24) is 9.97 Å². The summed E-state index contributed by atoms with van der Waals surface area (Å²) in [5.74, 6) is 2.58. The Morgan fingerprint density at radius 2 is 1.11 bits per heavy atom. The average molecular weight is 567 g/mol. The van der Waals surface area contributed by atoms with E-state index in [1.807, 2.05) is 36.4 Å². The van der Waals surface area contributed by atoms with Crippen molar-refractivity contribution in [3.05, 3.63) is 157 Å². The molecular formula is C41H30N2O. The SMILES string of the molecule is CC1(C)c2ccccc2Oc2cccc(-c3ccccc3-c3ccc(-c4nc(-c5ccccc5)nc5ccccc45)cc3)c21. The Hall–Kier alpha value is -5.54. The normalized spacial score (nSPS) is 13.1. The van der Waals surface area contributed by atoms with Gasteiger partial charge in [0.15, 0.2) is 5.82 Å². The molecule has 0 aliphatic carbocycles. The predicted molar refractivity (Wildman–Crippen MR) is 180 cm³/mol. The third-order valence-corrected chi connectivity index (χ3v) is 8.75. The highest BCUT2D eigenvalue weighted by atomic mass is 16.5. The number of fused-ring (bicyclic) bond motifs is 3. The minimum Gasteiger partial charge on any atom is -0.457 e. The van der Waals surface area contributed by atoms with E-state index in [-0.39, 0.29) is 5.41 Å². The Morgan fingerprint density at radius 1 is 0.477 bits per heavy atom. The summed E-state index contributed by atoms with van der Waals surface area (Å²) < 4.78 is 6.45. The molecule has 7 aromatic rings. The lowest BCUT2D eigenvalue weighted by atomic mass is 9.72. The number of ether oxygens (including phenoxy) is 1. The van der Waals surface area contributed by atoms with Gasteiger partial charge in [0.2, 0.25) is 0 Å². The van der Waals surface area contributed by atoms with Crippen LogP contribution >= 0.6 is 0 Å². The fourth-order valence-electron chi connectivity index (χ4n) is 6.60. The number of hydrogen-bond donors (Lipinski definition) is 0. The monoisotopic (exact) mass is 566 g/mol. The quantitative estimate of drug-likeness (QED) is 0.213. The molecule has 0 amide bonds. The molecule has 1 aliphatic rings. The molecule has 0 fully saturated rings. The first-order valence-electron chi connectivity index (χ1n) is 15.0. The van der Waals surface area contributed by atoms with Gasteiger partial charge in [0, 0.05) is 33.1 Å². The number of benzene rings is 6. The molecule has 0 saturated carbocycles. The highest BCUT2D eigenvalue weighted by molar-refractivity contribution is 5.94. The highest BCUT2D eigenvalue weighted by Gasteiger charge is 2.36. The van der Waals surface area contributed by atoms with Gasteiger partial charge in [-0.25, -0.2) is 9.97 Å². The lowest BCUT2D eigenvalue weighted by Crippen LogP contribution is -2.25. The first-order chi connectivity index (χ1) is 21.6. The van der Waals surface area contributed by atoms with E-state index in [1.165, 1.54) is 27.8 Å². The Bertz CT molecular complexity index is 2160. The van der Waals surface area contributed by atoms with Gasteiger partial charge in [-0.05, 0) is 40.5 Å². The Morgan fingerprint density at radius 3 is 1.95 bits per heavy atom. The number of hydrogen-bond acceptors (Lipinski definition) is 3. The van der Waals surface area contributed by atoms with Crippen LogP contribution in [0.15, 0.2) is 146 Å². The Kier molecular flexibility index (Phi) is 6.13. The molecule has 0 bridgehead atoms. The van der Waals surface area contributed by atoms with Gasteiger partial charge in [-0.15, -0.1) is 0 Å². The second-order valence-electron chi connectivity index (χ2n) is 11.8. The van der Waals surface area contributed by atoms with Crippen LogP contribution in [0.1, 0.15) is 25.0 Å². The summed E-state index contributed by atoms with van der Waals surface area (Å²) in [7, 11) is 0. The first-order valence-corrected chi connectivity index (χ1v) is 15.0. The van der Waals surface area contributed by atoms with E-state index in [1.54, 1.807) is 0 Å². The second-order valence-corrected chi connectivity index (χ2v) is 11.8. The van der Waals surface area contributed by atoms with Crippen molar-refractivity contribution in [1.29, 1.82) is 0 Å². The van der Waals surface area contributed by atoms with Crippen molar-refractivity contribution in [2.24, 2.45) is 0 Å². The van der Waals surface area contributed by atoms with Crippen molar-refractivity contribution in [2.45, 2.75) is 19.3 Å². The van der Waals surface area contributed by atoms with Gasteiger partial charge in [0.1, 0.15) is 11.5 Å². The van der Waals surface area contributed by atoms with Gasteiger partial charge in [0.25, 0.3) is 0 Å². The Balaban J connectivity index is 1.23. The number of aromatic nitrogens is 2. The second kappa shape index (κ2) is 10.3. The van der Waals surface area contributed by atoms with Crippen LogP contribution in [0.5, 0.6) is 11.5 Å². The van der Waals surface area contributed by atoms with Crippen LogP contribution in [0.2, 0.25) is 0 Å². The van der Waals surface area contributed by atoms with Gasteiger partial charge in [-0.3, -0.25) is 0 Å². The smallest absolute Gasteiger partial charge is 0.160 e. The molecule has 44 heavy (non-hydrogen) atoms. The number of para-hydroxylation sites is 2. The van der Waals surface area contributed by atoms with Crippen molar-refractivity contribution in [3.63, 3.8) is 0 Å². The molecule has 0 radical (unpaired) electrons. The third-order valence-electron chi connectivity index (χ3n) is 8.75. The molecule has 0 atom stereocenters. The molecule has 3 nitrogen and oxygen atoms in total. The van der Waals surface area contributed by atoms with E-state index in [4.69, 9.17) is 14.7 Å². The topological polar surface area (TPSA) is 35.0 Å². The molecule has 8 rings (SSSR count). The van der Waals surface area contributed by atoms with Crippen LogP contribution in [-0.2, 0) is 5.41 Å². The van der Waals surface area contributed by atoms with Crippen molar-refractivity contribution in [3.8, 4) is 56.4 Å². The van der Waals surface area contributed by atoms with E-state index in [9.17, 15) is 0 Å². The number of rotatable bonds is 4. The zero-order valence-electron chi connectivity index (χ0n) is 24.7. The average Bonchev–Trinajstić information content (AvgIpc) is 3.08. The maximum absolute atomic E-state index is 6.45. The molecule has 0 spiro atoms. The molecule has 210 valence electrons. The molecule has 0 saturated heterocycles. The maximum Gasteiger partial charge on any atom is 0.160 e. The summed E-state index contributed by atoms with van der Waals surface area (Å²) in [6.07, 6.45) is 0. The van der Waals surface area contributed by atoms with Crippen LogP contribution in [0.25, 0.3) is 55.8 Å². The summed E-state index contributed by atoms with van der Waals surface area (Å²) in [5.41, 5.74) is 10.8. The lowest BCUT2D eigenvalue weighted by Gasteiger charge is -2.36. The minimum absolute atomic E-state index is 0.220. The summed E-state index contributed by atoms with van der Waals surface area (Å²) in [5, 5.41) is 1.04. The molecule has 0 unspecified atom stereocenters.